The highest BCUT2D eigenvalue weighted by Gasteiger charge is 2.43. The highest BCUT2D eigenvalue weighted by Crippen LogP contribution is 2.45. The van der Waals surface area contributed by atoms with Gasteiger partial charge in [-0.25, -0.2) is 0 Å². The first-order valence-electron chi connectivity index (χ1n) is 9.17. The van der Waals surface area contributed by atoms with Gasteiger partial charge in [-0.1, -0.05) is 24.5 Å². The molecule has 4 nitrogen and oxygen atoms in total. The second-order valence-electron chi connectivity index (χ2n) is 8.56. The lowest BCUT2D eigenvalue weighted by Gasteiger charge is -2.39. The smallest absolute Gasteiger partial charge is 0.310 e. The Kier molecular flexibility index (Phi) is 4.89. The van der Waals surface area contributed by atoms with E-state index in [0.717, 1.165) is 50.3 Å². The highest BCUT2D eigenvalue weighted by molar-refractivity contribution is 6.32. The van der Waals surface area contributed by atoms with E-state index in [-0.39, 0.29) is 17.3 Å². The van der Waals surface area contributed by atoms with Gasteiger partial charge in [-0.3, -0.25) is 4.79 Å². The van der Waals surface area contributed by atoms with Crippen molar-refractivity contribution in [2.45, 2.75) is 51.6 Å². The topological polar surface area (TPSA) is 38.8 Å². The van der Waals surface area contributed by atoms with Gasteiger partial charge < -0.3 is 14.4 Å². The summed E-state index contributed by atoms with van der Waals surface area (Å²) in [6.07, 6.45) is 2.09. The van der Waals surface area contributed by atoms with Crippen molar-refractivity contribution in [3.8, 4) is 5.75 Å². The predicted molar refractivity (Wildman–Crippen MR) is 99.7 cm³/mol. The molecule has 0 bridgehead atoms. The van der Waals surface area contributed by atoms with E-state index in [1.54, 1.807) is 0 Å². The average molecular weight is 341 g/mol. The van der Waals surface area contributed by atoms with Crippen molar-refractivity contribution in [3.05, 3.63) is 23.8 Å². The molecule has 1 aromatic rings. The molecule has 0 saturated carbocycles. The van der Waals surface area contributed by atoms with E-state index >= 15 is 0 Å². The molecular formula is C20H28BNO3. The fourth-order valence-corrected chi connectivity index (χ4v) is 3.83. The van der Waals surface area contributed by atoms with Crippen LogP contribution in [0.1, 0.15) is 46.1 Å². The van der Waals surface area contributed by atoms with Gasteiger partial charge in [0.2, 0.25) is 0 Å². The lowest BCUT2D eigenvalue weighted by molar-refractivity contribution is -0.160. The van der Waals surface area contributed by atoms with Crippen LogP contribution in [0.25, 0.3) is 0 Å². The number of nitrogens with zero attached hydrogens (tertiary/aromatic N) is 1. The van der Waals surface area contributed by atoms with Crippen LogP contribution in [0, 0.1) is 5.92 Å². The van der Waals surface area contributed by atoms with E-state index in [0.29, 0.717) is 0 Å². The highest BCUT2D eigenvalue weighted by atomic mass is 16.6. The molecule has 2 aliphatic rings. The Morgan fingerprint density at radius 3 is 2.68 bits per heavy atom. The van der Waals surface area contributed by atoms with Gasteiger partial charge in [0.25, 0.3) is 0 Å². The van der Waals surface area contributed by atoms with Crippen LogP contribution >= 0.6 is 0 Å². The number of carbonyl (C=O) groups is 1. The quantitative estimate of drug-likeness (QED) is 0.624. The molecule has 1 atom stereocenters. The fourth-order valence-electron chi connectivity index (χ4n) is 3.83. The number of esters is 1. The molecule has 0 aliphatic carbocycles. The summed E-state index contributed by atoms with van der Waals surface area (Å²) in [6.45, 7) is 11.1. The Balaban J connectivity index is 1.57. The molecule has 25 heavy (non-hydrogen) atoms. The Bertz CT molecular complexity index is 645. The second kappa shape index (κ2) is 6.67. The van der Waals surface area contributed by atoms with E-state index in [4.69, 9.17) is 17.3 Å². The standard InChI is InChI=1S/C20H28BNO3/c1-14(18(23)25-19(2,3)4)12-22-9-7-20(8-10-22)13-24-17-11-15(21)5-6-16(17)20/h5-6,11,14H,7-10,12-13H2,1-4H3. The van der Waals surface area contributed by atoms with Crippen molar-refractivity contribution in [1.82, 2.24) is 4.90 Å². The summed E-state index contributed by atoms with van der Waals surface area (Å²) >= 11 is 0. The van der Waals surface area contributed by atoms with Crippen LogP contribution < -0.4 is 10.2 Å². The maximum Gasteiger partial charge on any atom is 0.310 e. The summed E-state index contributed by atoms with van der Waals surface area (Å²) in [4.78, 5) is 14.6. The number of ether oxygens (including phenoxy) is 2. The molecule has 1 aromatic carbocycles. The SMILES string of the molecule is [B]c1ccc2c(c1)OCC21CCN(CC(C)C(=O)OC(C)(C)C)CC1. The Labute approximate surface area is 152 Å². The largest absolute Gasteiger partial charge is 0.492 e. The van der Waals surface area contributed by atoms with Crippen LogP contribution in [0.2, 0.25) is 0 Å². The minimum Gasteiger partial charge on any atom is -0.492 e. The molecule has 1 saturated heterocycles. The summed E-state index contributed by atoms with van der Waals surface area (Å²) in [5.74, 6) is 0.716. The number of carbonyl (C=O) groups excluding carboxylic acids is 1. The number of likely N-dealkylation sites (tertiary alicyclic amines) is 1. The van der Waals surface area contributed by atoms with Crippen LogP contribution in [-0.4, -0.2) is 50.6 Å². The van der Waals surface area contributed by atoms with Crippen LogP contribution in [0.15, 0.2) is 18.2 Å². The second-order valence-corrected chi connectivity index (χ2v) is 8.56. The maximum atomic E-state index is 12.2. The molecule has 134 valence electrons. The Morgan fingerprint density at radius 1 is 1.36 bits per heavy atom. The average Bonchev–Trinajstić information content (AvgIpc) is 2.86. The van der Waals surface area contributed by atoms with Gasteiger partial charge in [0.1, 0.15) is 19.2 Å². The molecule has 2 aliphatic heterocycles. The molecule has 5 heteroatoms. The maximum absolute atomic E-state index is 12.2. The van der Waals surface area contributed by atoms with Gasteiger partial charge in [-0.2, -0.15) is 0 Å². The van der Waals surface area contributed by atoms with Crippen molar-refractivity contribution in [1.29, 1.82) is 0 Å². The van der Waals surface area contributed by atoms with E-state index in [1.165, 1.54) is 5.56 Å². The zero-order valence-electron chi connectivity index (χ0n) is 15.8. The first-order valence-corrected chi connectivity index (χ1v) is 9.17. The molecule has 0 aromatic heterocycles. The number of benzene rings is 1. The van der Waals surface area contributed by atoms with Gasteiger partial charge in [-0.05, 0) is 52.8 Å². The number of piperidine rings is 1. The summed E-state index contributed by atoms with van der Waals surface area (Å²) in [5.41, 5.74) is 1.72. The third-order valence-electron chi connectivity index (χ3n) is 5.24. The molecular weight excluding hydrogens is 313 g/mol. The Hall–Kier alpha value is -1.49. The summed E-state index contributed by atoms with van der Waals surface area (Å²) in [7, 11) is 5.87. The zero-order chi connectivity index (χ0) is 18.2. The van der Waals surface area contributed by atoms with Crippen molar-refractivity contribution < 1.29 is 14.3 Å². The van der Waals surface area contributed by atoms with Crippen molar-refractivity contribution in [3.63, 3.8) is 0 Å². The first-order chi connectivity index (χ1) is 11.7. The molecule has 1 fully saturated rings. The Morgan fingerprint density at radius 2 is 2.04 bits per heavy atom. The van der Waals surface area contributed by atoms with Crippen molar-refractivity contribution in [2.24, 2.45) is 5.92 Å². The molecule has 1 spiro atoms. The molecule has 2 radical (unpaired) electrons. The molecule has 0 N–H and O–H groups in total. The molecule has 2 heterocycles. The van der Waals surface area contributed by atoms with Gasteiger partial charge >= 0.3 is 5.97 Å². The monoisotopic (exact) mass is 341 g/mol. The first kappa shape index (κ1) is 18.3. The summed E-state index contributed by atoms with van der Waals surface area (Å²) in [5, 5.41) is 0. The summed E-state index contributed by atoms with van der Waals surface area (Å²) < 4.78 is 11.4. The van der Waals surface area contributed by atoms with E-state index in [1.807, 2.05) is 39.8 Å². The van der Waals surface area contributed by atoms with Gasteiger partial charge in [0, 0.05) is 17.5 Å². The van der Waals surface area contributed by atoms with Crippen molar-refractivity contribution >= 4 is 19.3 Å². The molecule has 1 unspecified atom stereocenters. The predicted octanol–water partition coefficient (Wildman–Crippen LogP) is 2.18. The number of rotatable bonds is 3. The fraction of sp³-hybridized carbons (Fsp3) is 0.650. The van der Waals surface area contributed by atoms with Gasteiger partial charge in [0.05, 0.1) is 12.5 Å². The van der Waals surface area contributed by atoms with Crippen LogP contribution in [0.5, 0.6) is 5.75 Å². The lowest BCUT2D eigenvalue weighted by atomic mass is 9.73. The number of fused-ring (bicyclic) bond motifs is 2. The van der Waals surface area contributed by atoms with Crippen LogP contribution in [0.4, 0.5) is 0 Å². The number of hydrogen-bond acceptors (Lipinski definition) is 4. The number of hydrogen-bond donors (Lipinski definition) is 0. The van der Waals surface area contributed by atoms with Gasteiger partial charge in [0.15, 0.2) is 0 Å². The lowest BCUT2D eigenvalue weighted by Crippen LogP contribution is -2.46. The normalized spacial score (nSPS) is 20.8. The van der Waals surface area contributed by atoms with E-state index < -0.39 is 5.60 Å². The van der Waals surface area contributed by atoms with Crippen LogP contribution in [0.3, 0.4) is 0 Å². The van der Waals surface area contributed by atoms with Crippen molar-refractivity contribution in [2.75, 3.05) is 26.2 Å². The molecule has 3 rings (SSSR count). The minimum absolute atomic E-state index is 0.106. The summed E-state index contributed by atoms with van der Waals surface area (Å²) in [6, 6.07) is 6.02. The van der Waals surface area contributed by atoms with Crippen LogP contribution in [-0.2, 0) is 14.9 Å². The molecule has 0 amide bonds. The minimum atomic E-state index is -0.427. The third kappa shape index (κ3) is 4.03. The third-order valence-corrected chi connectivity index (χ3v) is 5.24. The van der Waals surface area contributed by atoms with E-state index in [2.05, 4.69) is 11.0 Å². The van der Waals surface area contributed by atoms with E-state index in [9.17, 15) is 4.79 Å². The zero-order valence-corrected chi connectivity index (χ0v) is 15.8. The van der Waals surface area contributed by atoms with Gasteiger partial charge in [-0.15, -0.1) is 0 Å².